The van der Waals surface area contributed by atoms with E-state index in [1.807, 2.05) is 25.2 Å². The molecule has 1 fully saturated rings. The monoisotopic (exact) mass is 589 g/mol. The van der Waals surface area contributed by atoms with Gasteiger partial charge in [-0.1, -0.05) is 12.1 Å². The van der Waals surface area contributed by atoms with E-state index in [9.17, 15) is 14.0 Å². The number of benzene rings is 2. The predicted molar refractivity (Wildman–Crippen MR) is 164 cm³/mol. The number of aryl methyl sites for hydroxylation is 1. The number of rotatable bonds is 8. The van der Waals surface area contributed by atoms with E-state index in [2.05, 4.69) is 32.7 Å². The molecule has 10 heteroatoms. The molecule has 2 aliphatic rings. The van der Waals surface area contributed by atoms with Crippen molar-refractivity contribution in [2.45, 2.75) is 71.3 Å². The summed E-state index contributed by atoms with van der Waals surface area (Å²) in [6.07, 6.45) is 0.987. The first-order valence-corrected chi connectivity index (χ1v) is 15.0. The Hall–Kier alpha value is -4.08. The summed E-state index contributed by atoms with van der Waals surface area (Å²) in [5.41, 5.74) is 4.56. The summed E-state index contributed by atoms with van der Waals surface area (Å²) < 4.78 is 30.0. The number of hydrogen-bond donors (Lipinski definition) is 1. The molecule has 0 spiro atoms. The predicted octanol–water partition coefficient (Wildman–Crippen LogP) is 5.86. The van der Waals surface area contributed by atoms with Gasteiger partial charge in [-0.05, 0) is 82.7 Å². The number of nitrogens with one attached hydrogen (secondary N) is 1. The summed E-state index contributed by atoms with van der Waals surface area (Å²) in [4.78, 5) is 32.7. The third-order valence-electron chi connectivity index (χ3n) is 8.42. The van der Waals surface area contributed by atoms with Crippen LogP contribution in [-0.2, 0) is 24.8 Å². The summed E-state index contributed by atoms with van der Waals surface area (Å²) in [7, 11) is 3.72. The maximum absolute atomic E-state index is 14.6. The molecule has 228 valence electrons. The lowest BCUT2D eigenvalue weighted by Gasteiger charge is -2.33. The number of alkyl halides is 1. The van der Waals surface area contributed by atoms with Gasteiger partial charge in [0.15, 0.2) is 5.82 Å². The molecule has 2 aromatic carbocycles. The number of alkyl carbamates (subject to hydrolysis) is 1. The van der Waals surface area contributed by atoms with E-state index in [-0.39, 0.29) is 12.5 Å². The van der Waals surface area contributed by atoms with Crippen molar-refractivity contribution in [2.24, 2.45) is 13.0 Å². The number of nitrogens with zero attached hydrogens (tertiary/aromatic N) is 4. The van der Waals surface area contributed by atoms with Gasteiger partial charge in [0.25, 0.3) is 5.91 Å². The van der Waals surface area contributed by atoms with Gasteiger partial charge >= 0.3 is 6.09 Å². The highest BCUT2D eigenvalue weighted by molar-refractivity contribution is 6.01. The highest BCUT2D eigenvalue weighted by Crippen LogP contribution is 2.39. The third kappa shape index (κ3) is 5.67. The number of ether oxygens (including phenoxy) is 2. The van der Waals surface area contributed by atoms with Crippen LogP contribution in [0.3, 0.4) is 0 Å². The molecule has 3 heterocycles. The van der Waals surface area contributed by atoms with Gasteiger partial charge < -0.3 is 28.8 Å². The molecule has 9 nitrogen and oxygen atoms in total. The van der Waals surface area contributed by atoms with E-state index in [0.717, 1.165) is 51.3 Å². The quantitative estimate of drug-likeness (QED) is 0.278. The number of halogens is 1. The topological polar surface area (TPSA) is 90.6 Å². The molecule has 1 aliphatic heterocycles. The first kappa shape index (κ1) is 29.0. The zero-order valence-corrected chi connectivity index (χ0v) is 25.7. The van der Waals surface area contributed by atoms with Crippen LogP contribution >= 0.6 is 0 Å². The summed E-state index contributed by atoms with van der Waals surface area (Å²) in [5, 5.41) is 3.71. The van der Waals surface area contributed by atoms with Crippen LogP contribution in [0.4, 0.5) is 9.18 Å². The lowest BCUT2D eigenvalue weighted by molar-refractivity contribution is 0.0439. The zero-order chi connectivity index (χ0) is 30.6. The normalized spacial score (nSPS) is 16.8. The molecule has 0 bridgehead atoms. The zero-order valence-electron chi connectivity index (χ0n) is 25.7. The van der Waals surface area contributed by atoms with Crippen molar-refractivity contribution in [3.05, 3.63) is 47.5 Å². The molecule has 2 aromatic heterocycles. The van der Waals surface area contributed by atoms with Gasteiger partial charge in [-0.15, -0.1) is 0 Å². The van der Waals surface area contributed by atoms with Crippen LogP contribution in [0.5, 0.6) is 5.75 Å². The van der Waals surface area contributed by atoms with Gasteiger partial charge in [0.05, 0.1) is 35.4 Å². The first-order chi connectivity index (χ1) is 20.4. The second-order valence-corrected chi connectivity index (χ2v) is 12.9. The molecule has 43 heavy (non-hydrogen) atoms. The highest BCUT2D eigenvalue weighted by atomic mass is 19.1. The number of fused-ring (bicyclic) bond motifs is 3. The minimum Gasteiger partial charge on any atom is -0.495 e. The molecule has 1 unspecified atom stereocenters. The second-order valence-electron chi connectivity index (χ2n) is 12.9. The van der Waals surface area contributed by atoms with Gasteiger partial charge in [0.1, 0.15) is 17.5 Å². The maximum Gasteiger partial charge on any atom is 0.408 e. The van der Waals surface area contributed by atoms with E-state index >= 15 is 0 Å². The van der Waals surface area contributed by atoms with Crippen LogP contribution in [0.1, 0.15) is 56.5 Å². The molecule has 0 radical (unpaired) electrons. The van der Waals surface area contributed by atoms with E-state index < -0.39 is 23.9 Å². The number of carbonyl (C=O) groups excluding carboxylic acids is 2. The average molecular weight is 590 g/mol. The van der Waals surface area contributed by atoms with Crippen LogP contribution < -0.4 is 10.1 Å². The van der Waals surface area contributed by atoms with Crippen molar-refractivity contribution >= 4 is 33.9 Å². The number of methoxy groups -OCH3 is 1. The van der Waals surface area contributed by atoms with Crippen LogP contribution in [0.25, 0.3) is 33.5 Å². The van der Waals surface area contributed by atoms with Gasteiger partial charge in [0, 0.05) is 37.6 Å². The summed E-state index contributed by atoms with van der Waals surface area (Å²) >= 11 is 0. The lowest BCUT2D eigenvalue weighted by Crippen LogP contribution is -2.52. The van der Waals surface area contributed by atoms with Crippen LogP contribution in [-0.4, -0.2) is 69.0 Å². The van der Waals surface area contributed by atoms with E-state index in [1.165, 1.54) is 19.8 Å². The Morgan fingerprint density at radius 3 is 2.65 bits per heavy atom. The van der Waals surface area contributed by atoms with Crippen molar-refractivity contribution in [1.29, 1.82) is 0 Å². The van der Waals surface area contributed by atoms with Crippen molar-refractivity contribution in [2.75, 3.05) is 20.2 Å². The molecule has 6 rings (SSSR count). The minimum absolute atomic E-state index is 0.0454. The fraction of sp³-hybridized carbons (Fsp3) is 0.485. The van der Waals surface area contributed by atoms with Gasteiger partial charge in [-0.25, -0.2) is 14.2 Å². The highest BCUT2D eigenvalue weighted by Gasteiger charge is 2.32. The average Bonchev–Trinajstić information content (AvgIpc) is 3.61. The first-order valence-electron chi connectivity index (χ1n) is 15.0. The number of para-hydroxylation sites is 1. The molecular formula is C33H40FN5O4. The van der Waals surface area contributed by atoms with E-state index in [0.29, 0.717) is 24.4 Å². The van der Waals surface area contributed by atoms with Crippen molar-refractivity contribution < 1.29 is 23.5 Å². The molecule has 4 aromatic rings. The van der Waals surface area contributed by atoms with Crippen molar-refractivity contribution in [3.63, 3.8) is 0 Å². The van der Waals surface area contributed by atoms with Crippen LogP contribution in [0.15, 0.2) is 36.4 Å². The number of aromatic nitrogens is 3. The molecule has 1 N–H and O–H groups in total. The van der Waals surface area contributed by atoms with E-state index in [1.54, 1.807) is 32.8 Å². The molecular weight excluding hydrogens is 549 g/mol. The number of carbonyl (C=O) groups is 2. The van der Waals surface area contributed by atoms with Crippen LogP contribution in [0, 0.1) is 5.92 Å². The third-order valence-corrected chi connectivity index (χ3v) is 8.42. The van der Waals surface area contributed by atoms with Gasteiger partial charge in [0.2, 0.25) is 0 Å². The SMILES string of the molecule is COc1cccc2cc(-c3nc4cc5c(cc4n3C)CCN(C[C@H](NC(=O)OC(C)(C)C)C(C)F)C5=O)n(CC3CC3)c12. The minimum atomic E-state index is -1.37. The summed E-state index contributed by atoms with van der Waals surface area (Å²) in [6.45, 7) is 8.00. The van der Waals surface area contributed by atoms with Crippen molar-refractivity contribution in [3.8, 4) is 17.3 Å². The Labute approximate surface area is 250 Å². The molecule has 0 saturated heterocycles. The van der Waals surface area contributed by atoms with E-state index in [4.69, 9.17) is 14.5 Å². The number of hydrogen-bond acceptors (Lipinski definition) is 5. The fourth-order valence-corrected chi connectivity index (χ4v) is 6.01. The van der Waals surface area contributed by atoms with Gasteiger partial charge in [-0.3, -0.25) is 4.79 Å². The largest absolute Gasteiger partial charge is 0.495 e. The van der Waals surface area contributed by atoms with Gasteiger partial charge in [-0.2, -0.15) is 0 Å². The fourth-order valence-electron chi connectivity index (χ4n) is 6.01. The van der Waals surface area contributed by atoms with Crippen molar-refractivity contribution in [1.82, 2.24) is 24.3 Å². The Balaban J connectivity index is 1.32. The molecule has 1 aliphatic carbocycles. The Morgan fingerprint density at radius 2 is 1.98 bits per heavy atom. The lowest BCUT2D eigenvalue weighted by atomic mass is 9.97. The van der Waals surface area contributed by atoms with Crippen LogP contribution in [0.2, 0.25) is 0 Å². The summed E-state index contributed by atoms with van der Waals surface area (Å²) in [5.74, 6) is 2.12. The number of amides is 2. The number of imidazole rings is 1. The molecule has 2 amide bonds. The molecule has 2 atom stereocenters. The standard InChI is InChI=1S/C33H40FN5O4/c1-19(34)25(36-32(41)43-33(2,3)4)18-38-13-12-21-14-26-24(16-23(21)31(38)40)35-30(37(26)5)27-15-22-8-7-9-28(42-6)29(22)39(27)17-20-10-11-20/h7-9,14-16,19-20,25H,10-13,17-18H2,1-6H3,(H,36,41)/t19?,25-/m0/s1. The second kappa shape index (κ2) is 10.9. The Kier molecular flexibility index (Phi) is 7.34. The summed E-state index contributed by atoms with van der Waals surface area (Å²) in [6, 6.07) is 11.3. The maximum atomic E-state index is 14.6. The Bertz CT molecular complexity index is 1710. The Morgan fingerprint density at radius 1 is 1.21 bits per heavy atom. The molecule has 1 saturated carbocycles. The smallest absolute Gasteiger partial charge is 0.408 e.